The third-order valence-electron chi connectivity index (χ3n) is 6.00. The van der Waals surface area contributed by atoms with E-state index in [0.717, 1.165) is 11.3 Å². The number of fused-ring (bicyclic) bond motifs is 1. The molecule has 2 aliphatic heterocycles. The first-order chi connectivity index (χ1) is 18.5. The molecule has 0 spiro atoms. The molecular weight excluding hydrogens is 508 g/mol. The predicted molar refractivity (Wildman–Crippen MR) is 143 cm³/mol. The lowest BCUT2D eigenvalue weighted by molar-refractivity contribution is -0.141. The number of aliphatic imine (C=N–C) groups is 1. The summed E-state index contributed by atoms with van der Waals surface area (Å²) >= 11 is 1.41. The first kappa shape index (κ1) is 27.2. The van der Waals surface area contributed by atoms with E-state index in [-0.39, 0.29) is 25.5 Å². The Hall–Kier alpha value is -3.83. The van der Waals surface area contributed by atoms with Crippen LogP contribution in [0.2, 0.25) is 0 Å². The molecule has 10 nitrogen and oxygen atoms in total. The average molecular weight is 539 g/mol. The second-order valence-corrected chi connectivity index (χ2v) is 9.25. The van der Waals surface area contributed by atoms with E-state index in [4.69, 9.17) is 18.9 Å². The van der Waals surface area contributed by atoms with Gasteiger partial charge in [0.05, 0.1) is 56.8 Å². The van der Waals surface area contributed by atoms with Gasteiger partial charge in [-0.2, -0.15) is 0 Å². The molecule has 3 heterocycles. The normalized spacial score (nSPS) is 16.4. The predicted octanol–water partition coefficient (Wildman–Crippen LogP) is 3.57. The van der Waals surface area contributed by atoms with Crippen LogP contribution >= 0.6 is 11.8 Å². The van der Waals surface area contributed by atoms with Crippen LogP contribution in [0.5, 0.6) is 11.5 Å². The van der Waals surface area contributed by atoms with E-state index < -0.39 is 12.0 Å². The van der Waals surface area contributed by atoms with Gasteiger partial charge in [-0.15, -0.1) is 0 Å². The summed E-state index contributed by atoms with van der Waals surface area (Å²) < 4.78 is 21.5. The Morgan fingerprint density at radius 2 is 1.89 bits per heavy atom. The maximum absolute atomic E-state index is 13.3. The van der Waals surface area contributed by atoms with Crippen molar-refractivity contribution in [1.82, 2.24) is 15.2 Å². The molecule has 0 aliphatic carbocycles. The highest BCUT2D eigenvalue weighted by molar-refractivity contribution is 8.16. The molecule has 2 aliphatic rings. The van der Waals surface area contributed by atoms with Crippen LogP contribution in [0.15, 0.2) is 70.0 Å². The number of esters is 1. The van der Waals surface area contributed by atoms with Crippen molar-refractivity contribution in [2.24, 2.45) is 4.99 Å². The van der Waals surface area contributed by atoms with Gasteiger partial charge in [0.15, 0.2) is 16.7 Å². The summed E-state index contributed by atoms with van der Waals surface area (Å²) in [5.41, 5.74) is 3.15. The van der Waals surface area contributed by atoms with Crippen molar-refractivity contribution in [3.8, 4) is 11.5 Å². The molecule has 0 bridgehead atoms. The molecule has 1 aromatic carbocycles. The van der Waals surface area contributed by atoms with Crippen LogP contribution in [-0.4, -0.2) is 61.5 Å². The van der Waals surface area contributed by atoms with Crippen LogP contribution in [0.4, 0.5) is 0 Å². The number of nitrogens with one attached hydrogen (secondary N) is 1. The van der Waals surface area contributed by atoms with Gasteiger partial charge < -0.3 is 29.2 Å². The molecule has 1 aromatic heterocycles. The van der Waals surface area contributed by atoms with Crippen LogP contribution in [0.1, 0.15) is 30.6 Å². The lowest BCUT2D eigenvalue weighted by Crippen LogP contribution is -2.38. The highest BCUT2D eigenvalue weighted by Gasteiger charge is 2.41. The Kier molecular flexibility index (Phi) is 9.03. The number of methoxy groups -OCH3 is 3. The zero-order valence-corrected chi connectivity index (χ0v) is 22.5. The summed E-state index contributed by atoms with van der Waals surface area (Å²) in [6.45, 7) is 2.48. The number of amidine groups is 1. The molecule has 38 heavy (non-hydrogen) atoms. The molecule has 11 heteroatoms. The van der Waals surface area contributed by atoms with E-state index in [1.807, 2.05) is 40.6 Å². The van der Waals surface area contributed by atoms with Crippen molar-refractivity contribution in [3.63, 3.8) is 0 Å². The Bertz CT molecular complexity index is 1280. The van der Waals surface area contributed by atoms with Gasteiger partial charge in [-0.25, -0.2) is 9.79 Å². The summed E-state index contributed by atoms with van der Waals surface area (Å²) in [6, 6.07) is 10.4. The van der Waals surface area contributed by atoms with Crippen molar-refractivity contribution in [1.29, 1.82) is 0 Å². The molecule has 1 atom stereocenters. The number of benzene rings is 1. The van der Waals surface area contributed by atoms with E-state index in [9.17, 15) is 9.59 Å². The van der Waals surface area contributed by atoms with Gasteiger partial charge in [0.1, 0.15) is 6.61 Å². The van der Waals surface area contributed by atoms with Crippen LogP contribution in [0.25, 0.3) is 0 Å². The van der Waals surface area contributed by atoms with Crippen molar-refractivity contribution in [3.05, 3.63) is 76.2 Å². The van der Waals surface area contributed by atoms with Crippen LogP contribution in [-0.2, 0) is 25.6 Å². The monoisotopic (exact) mass is 538 g/mol. The molecule has 1 unspecified atom stereocenters. The summed E-state index contributed by atoms with van der Waals surface area (Å²) in [5.74, 6) is 0.402. The minimum atomic E-state index is -0.595. The standard InChI is InChI=1S/C27H30N4O6S/c1-17-24(26(33)37-12-11-34-2)25(18-8-9-21(35-3)22(13-18)36-4)31-20(16-38-27(31)30-17)14-23(32)29-15-19-7-5-6-10-28-19/h5-10,13,16,25H,11-12,14-15H2,1-4H3,(H,29,32). The van der Waals surface area contributed by atoms with Crippen molar-refractivity contribution in [2.75, 3.05) is 34.5 Å². The van der Waals surface area contributed by atoms with Crippen LogP contribution < -0.4 is 14.8 Å². The number of allylic oxidation sites excluding steroid dienone is 1. The van der Waals surface area contributed by atoms with Crippen molar-refractivity contribution >= 4 is 28.8 Å². The summed E-state index contributed by atoms with van der Waals surface area (Å²) in [7, 11) is 4.66. The van der Waals surface area contributed by atoms with E-state index in [2.05, 4.69) is 15.3 Å². The number of carbonyl (C=O) groups excluding carboxylic acids is 2. The minimum absolute atomic E-state index is 0.0910. The Balaban J connectivity index is 1.65. The second kappa shape index (κ2) is 12.6. The minimum Gasteiger partial charge on any atom is -0.493 e. The first-order valence-electron chi connectivity index (χ1n) is 12.0. The van der Waals surface area contributed by atoms with Gasteiger partial charge in [0.2, 0.25) is 5.91 Å². The number of thioether (sulfide) groups is 1. The van der Waals surface area contributed by atoms with E-state index in [1.54, 1.807) is 40.5 Å². The van der Waals surface area contributed by atoms with Gasteiger partial charge in [-0.05, 0) is 42.2 Å². The highest BCUT2D eigenvalue weighted by Crippen LogP contribution is 2.46. The van der Waals surface area contributed by atoms with Gasteiger partial charge in [-0.1, -0.05) is 23.9 Å². The van der Waals surface area contributed by atoms with E-state index >= 15 is 0 Å². The number of aromatic nitrogens is 1. The first-order valence-corrected chi connectivity index (χ1v) is 12.8. The number of hydrogen-bond donors (Lipinski definition) is 1. The van der Waals surface area contributed by atoms with Gasteiger partial charge in [0.25, 0.3) is 0 Å². The number of rotatable bonds is 11. The van der Waals surface area contributed by atoms with Gasteiger partial charge >= 0.3 is 5.97 Å². The molecule has 0 saturated carbocycles. The molecular formula is C27H30N4O6S. The van der Waals surface area contributed by atoms with Crippen molar-refractivity contribution < 1.29 is 28.5 Å². The van der Waals surface area contributed by atoms with Crippen LogP contribution in [0, 0.1) is 0 Å². The number of pyridine rings is 1. The summed E-state index contributed by atoms with van der Waals surface area (Å²) in [5, 5.41) is 5.47. The van der Waals surface area contributed by atoms with E-state index in [1.165, 1.54) is 11.8 Å². The Labute approximate surface area is 225 Å². The summed E-state index contributed by atoms with van der Waals surface area (Å²) in [4.78, 5) is 37.1. The lowest BCUT2D eigenvalue weighted by Gasteiger charge is -2.36. The second-order valence-electron chi connectivity index (χ2n) is 8.41. The highest BCUT2D eigenvalue weighted by atomic mass is 32.2. The fourth-order valence-electron chi connectivity index (χ4n) is 4.18. The Morgan fingerprint density at radius 3 is 2.61 bits per heavy atom. The molecule has 0 saturated heterocycles. The van der Waals surface area contributed by atoms with Crippen molar-refractivity contribution in [2.45, 2.75) is 25.9 Å². The number of ether oxygens (including phenoxy) is 4. The maximum Gasteiger partial charge on any atom is 0.338 e. The third kappa shape index (κ3) is 6.00. The largest absolute Gasteiger partial charge is 0.493 e. The number of carbonyl (C=O) groups is 2. The fraction of sp³-hybridized carbons (Fsp3) is 0.333. The SMILES string of the molecule is COCCOC(=O)C1=C(C)N=C2SC=C(CC(=O)NCc3ccccn3)N2C1c1ccc(OC)c(OC)c1. The number of amides is 1. The molecule has 4 rings (SSSR count). The van der Waals surface area contributed by atoms with E-state index in [0.29, 0.717) is 40.2 Å². The van der Waals surface area contributed by atoms with Gasteiger partial charge in [0, 0.05) is 19.0 Å². The zero-order valence-electron chi connectivity index (χ0n) is 21.7. The topological polar surface area (TPSA) is 112 Å². The maximum atomic E-state index is 13.3. The quantitative estimate of drug-likeness (QED) is 0.339. The fourth-order valence-corrected chi connectivity index (χ4v) is 5.15. The summed E-state index contributed by atoms with van der Waals surface area (Å²) in [6.07, 6.45) is 1.78. The number of hydrogen-bond acceptors (Lipinski definition) is 10. The average Bonchev–Trinajstić information content (AvgIpc) is 3.32. The molecule has 1 amide bonds. The van der Waals surface area contributed by atoms with Crippen LogP contribution in [0.3, 0.4) is 0 Å². The zero-order chi connectivity index (χ0) is 27.1. The number of nitrogens with zero attached hydrogens (tertiary/aromatic N) is 3. The molecule has 0 fully saturated rings. The smallest absolute Gasteiger partial charge is 0.338 e. The molecule has 1 N–H and O–H groups in total. The molecule has 200 valence electrons. The Morgan fingerprint density at radius 1 is 1.08 bits per heavy atom. The lowest BCUT2D eigenvalue weighted by atomic mass is 9.93. The molecule has 0 radical (unpaired) electrons. The third-order valence-corrected chi connectivity index (χ3v) is 6.89. The van der Waals surface area contributed by atoms with Gasteiger partial charge in [-0.3, -0.25) is 9.78 Å². The molecule has 2 aromatic rings.